The van der Waals surface area contributed by atoms with E-state index in [0.29, 0.717) is 39.3 Å². The number of fused-ring (bicyclic) bond motifs is 1. The van der Waals surface area contributed by atoms with Crippen LogP contribution in [0, 0.1) is 0 Å². The summed E-state index contributed by atoms with van der Waals surface area (Å²) < 4.78 is 8.05. The molecule has 4 heterocycles. The molecule has 0 N–H and O–H groups in total. The number of para-hydroxylation sites is 1. The number of pyridine rings is 1. The van der Waals surface area contributed by atoms with Gasteiger partial charge in [-0.1, -0.05) is 18.2 Å². The zero-order valence-electron chi connectivity index (χ0n) is 19.1. The fraction of sp³-hybridized carbons (Fsp3) is 0.320. The largest absolute Gasteiger partial charge is 0.370 e. The molecule has 1 atom stereocenters. The monoisotopic (exact) mass is 457 g/mol. The van der Waals surface area contributed by atoms with Crippen molar-refractivity contribution in [3.05, 3.63) is 84.2 Å². The van der Waals surface area contributed by atoms with Gasteiger partial charge in [-0.3, -0.25) is 29.3 Å². The highest BCUT2D eigenvalue weighted by molar-refractivity contribution is 5.79. The molecule has 1 aliphatic rings. The van der Waals surface area contributed by atoms with E-state index >= 15 is 0 Å². The van der Waals surface area contributed by atoms with Gasteiger partial charge in [0.2, 0.25) is 5.91 Å². The SMILES string of the molecule is Cn1cc(CN2CC(OCc3cccnc3)CN(Cc3cccc4nccnc34)CC2=O)cn1. The summed E-state index contributed by atoms with van der Waals surface area (Å²) >= 11 is 0. The third-order valence-corrected chi connectivity index (χ3v) is 5.91. The highest BCUT2D eigenvalue weighted by atomic mass is 16.5. The molecule has 174 valence electrons. The Hall–Kier alpha value is -3.69. The molecular formula is C25H27N7O2. The normalized spacial score (nSPS) is 17.3. The van der Waals surface area contributed by atoms with Crippen LogP contribution in [0.4, 0.5) is 0 Å². The van der Waals surface area contributed by atoms with Crippen molar-refractivity contribution in [2.75, 3.05) is 19.6 Å². The maximum Gasteiger partial charge on any atom is 0.237 e. The van der Waals surface area contributed by atoms with Crippen LogP contribution in [-0.2, 0) is 36.3 Å². The second-order valence-corrected chi connectivity index (χ2v) is 8.60. The molecule has 0 aliphatic carbocycles. The molecule has 34 heavy (non-hydrogen) atoms. The van der Waals surface area contributed by atoms with E-state index < -0.39 is 0 Å². The van der Waals surface area contributed by atoms with Crippen molar-refractivity contribution < 1.29 is 9.53 Å². The van der Waals surface area contributed by atoms with Crippen molar-refractivity contribution in [2.45, 2.75) is 25.8 Å². The molecule has 0 bridgehead atoms. The molecule has 0 spiro atoms. The van der Waals surface area contributed by atoms with E-state index in [2.05, 4.69) is 25.0 Å². The van der Waals surface area contributed by atoms with Gasteiger partial charge in [-0.15, -0.1) is 0 Å². The van der Waals surface area contributed by atoms with E-state index in [4.69, 9.17) is 4.74 Å². The van der Waals surface area contributed by atoms with Crippen LogP contribution < -0.4 is 0 Å². The molecule has 3 aromatic heterocycles. The molecule has 1 fully saturated rings. The van der Waals surface area contributed by atoms with Gasteiger partial charge in [-0.25, -0.2) is 0 Å². The second kappa shape index (κ2) is 10.1. The fourth-order valence-corrected chi connectivity index (χ4v) is 4.32. The number of ether oxygens (including phenoxy) is 1. The van der Waals surface area contributed by atoms with Crippen LogP contribution in [0.1, 0.15) is 16.7 Å². The van der Waals surface area contributed by atoms with E-state index in [-0.39, 0.29) is 12.0 Å². The Labute approximate surface area is 198 Å². The Morgan fingerprint density at radius 1 is 1.00 bits per heavy atom. The Morgan fingerprint density at radius 2 is 1.91 bits per heavy atom. The summed E-state index contributed by atoms with van der Waals surface area (Å²) in [6.07, 6.45) is 10.5. The summed E-state index contributed by atoms with van der Waals surface area (Å²) in [4.78, 5) is 30.4. The first kappa shape index (κ1) is 22.1. The minimum absolute atomic E-state index is 0.0719. The van der Waals surface area contributed by atoms with Gasteiger partial charge in [-0.05, 0) is 23.3 Å². The number of amides is 1. The van der Waals surface area contributed by atoms with Gasteiger partial charge < -0.3 is 9.64 Å². The third-order valence-electron chi connectivity index (χ3n) is 5.91. The number of aryl methyl sites for hydroxylation is 1. The number of aromatic nitrogens is 5. The van der Waals surface area contributed by atoms with Gasteiger partial charge in [0.15, 0.2) is 0 Å². The first-order valence-electron chi connectivity index (χ1n) is 11.3. The predicted octanol–water partition coefficient (Wildman–Crippen LogP) is 2.19. The molecule has 1 aliphatic heterocycles. The smallest absolute Gasteiger partial charge is 0.237 e. The Balaban J connectivity index is 1.36. The summed E-state index contributed by atoms with van der Waals surface area (Å²) in [5.41, 5.74) is 4.77. The van der Waals surface area contributed by atoms with Crippen molar-refractivity contribution in [1.82, 2.24) is 34.5 Å². The number of hydrogen-bond donors (Lipinski definition) is 0. The van der Waals surface area contributed by atoms with Crippen LogP contribution in [0.2, 0.25) is 0 Å². The van der Waals surface area contributed by atoms with E-state index in [1.165, 1.54) is 0 Å². The fourth-order valence-electron chi connectivity index (χ4n) is 4.32. The zero-order chi connectivity index (χ0) is 23.3. The van der Waals surface area contributed by atoms with Crippen LogP contribution in [0.3, 0.4) is 0 Å². The van der Waals surface area contributed by atoms with E-state index in [1.54, 1.807) is 29.5 Å². The summed E-state index contributed by atoms with van der Waals surface area (Å²) in [6, 6.07) is 9.88. The molecule has 5 rings (SSSR count). The molecule has 1 amide bonds. The Bertz CT molecular complexity index is 1260. The molecule has 1 unspecified atom stereocenters. The summed E-state index contributed by atoms with van der Waals surface area (Å²) in [6.45, 7) is 3.00. The first-order valence-corrected chi connectivity index (χ1v) is 11.3. The summed E-state index contributed by atoms with van der Waals surface area (Å²) in [5, 5.41) is 4.24. The van der Waals surface area contributed by atoms with Gasteiger partial charge >= 0.3 is 0 Å². The average molecular weight is 458 g/mol. The Kier molecular flexibility index (Phi) is 6.55. The minimum Gasteiger partial charge on any atom is -0.370 e. The number of carbonyl (C=O) groups is 1. The van der Waals surface area contributed by atoms with Crippen LogP contribution in [0.5, 0.6) is 0 Å². The molecule has 9 heteroatoms. The predicted molar refractivity (Wildman–Crippen MR) is 126 cm³/mol. The third kappa shape index (κ3) is 5.27. The van der Waals surface area contributed by atoms with Gasteiger partial charge in [0.1, 0.15) is 0 Å². The van der Waals surface area contributed by atoms with E-state index in [1.807, 2.05) is 54.7 Å². The number of carbonyl (C=O) groups excluding carboxylic acids is 1. The topological polar surface area (TPSA) is 89.3 Å². The first-order chi connectivity index (χ1) is 16.6. The van der Waals surface area contributed by atoms with Crippen molar-refractivity contribution in [3.8, 4) is 0 Å². The molecule has 4 aromatic rings. The zero-order valence-corrected chi connectivity index (χ0v) is 19.1. The van der Waals surface area contributed by atoms with Crippen molar-refractivity contribution in [1.29, 1.82) is 0 Å². The Morgan fingerprint density at radius 3 is 2.74 bits per heavy atom. The lowest BCUT2D eigenvalue weighted by molar-refractivity contribution is -0.132. The molecular weight excluding hydrogens is 430 g/mol. The van der Waals surface area contributed by atoms with Crippen LogP contribution in [0.25, 0.3) is 11.0 Å². The quantitative estimate of drug-likeness (QED) is 0.420. The number of hydrogen-bond acceptors (Lipinski definition) is 7. The lowest BCUT2D eigenvalue weighted by atomic mass is 10.1. The molecule has 0 saturated carbocycles. The highest BCUT2D eigenvalue weighted by Gasteiger charge is 2.29. The minimum atomic E-state index is -0.149. The molecule has 1 aromatic carbocycles. The van der Waals surface area contributed by atoms with Crippen molar-refractivity contribution in [2.24, 2.45) is 7.05 Å². The highest BCUT2D eigenvalue weighted by Crippen LogP contribution is 2.19. The summed E-state index contributed by atoms with van der Waals surface area (Å²) in [5.74, 6) is 0.0719. The number of benzene rings is 1. The standard InChI is InChI=1S/C25H27N7O2/c1-30-12-20(11-29-30)13-32-16-22(34-18-19-4-3-7-26-10-19)15-31(17-24(32)33)14-21-5-2-6-23-25(21)28-9-8-27-23/h2-12,22H,13-18H2,1H3. The van der Waals surface area contributed by atoms with Crippen LogP contribution >= 0.6 is 0 Å². The van der Waals surface area contributed by atoms with Crippen molar-refractivity contribution in [3.63, 3.8) is 0 Å². The maximum atomic E-state index is 13.3. The average Bonchev–Trinajstić information content (AvgIpc) is 3.20. The second-order valence-electron chi connectivity index (χ2n) is 8.60. The number of nitrogens with zero attached hydrogens (tertiary/aromatic N) is 7. The lowest BCUT2D eigenvalue weighted by Crippen LogP contribution is -2.37. The van der Waals surface area contributed by atoms with Gasteiger partial charge in [0.05, 0.1) is 36.5 Å². The van der Waals surface area contributed by atoms with Crippen molar-refractivity contribution >= 4 is 16.9 Å². The molecule has 0 radical (unpaired) electrons. The summed E-state index contributed by atoms with van der Waals surface area (Å²) in [7, 11) is 1.88. The van der Waals surface area contributed by atoms with Gasteiger partial charge in [0, 0.05) is 69.8 Å². The molecule has 1 saturated heterocycles. The van der Waals surface area contributed by atoms with Crippen LogP contribution in [-0.4, -0.2) is 66.2 Å². The van der Waals surface area contributed by atoms with Gasteiger partial charge in [0.25, 0.3) is 0 Å². The van der Waals surface area contributed by atoms with E-state index in [0.717, 1.165) is 27.7 Å². The van der Waals surface area contributed by atoms with Crippen LogP contribution in [0.15, 0.2) is 67.5 Å². The van der Waals surface area contributed by atoms with E-state index in [9.17, 15) is 4.79 Å². The van der Waals surface area contributed by atoms with Gasteiger partial charge in [-0.2, -0.15) is 5.10 Å². The molecule has 9 nitrogen and oxygen atoms in total. The lowest BCUT2D eigenvalue weighted by Gasteiger charge is -2.25. The number of rotatable bonds is 7. The maximum absolute atomic E-state index is 13.3.